The molecule has 0 bridgehead atoms. The summed E-state index contributed by atoms with van der Waals surface area (Å²) >= 11 is 7.65. The zero-order valence-corrected chi connectivity index (χ0v) is 9.63. The minimum absolute atomic E-state index is 0.516. The van der Waals surface area contributed by atoms with E-state index in [4.69, 9.17) is 11.6 Å². The number of aliphatic hydroxyl groups excluding tert-OH is 1. The standard InChI is InChI=1S/C12H11ClOS/c13-11-6-2-1-5-10(11)12(14)8-9-4-3-7-15-9/h1-7,12,14H,8H2. The van der Waals surface area contributed by atoms with E-state index < -0.39 is 6.10 Å². The Bertz CT molecular complexity index is 425. The van der Waals surface area contributed by atoms with Crippen molar-refractivity contribution in [1.82, 2.24) is 0 Å². The molecular weight excluding hydrogens is 228 g/mol. The van der Waals surface area contributed by atoms with E-state index in [1.807, 2.05) is 35.7 Å². The fourth-order valence-electron chi connectivity index (χ4n) is 1.47. The van der Waals surface area contributed by atoms with E-state index in [1.165, 1.54) is 4.88 Å². The quantitative estimate of drug-likeness (QED) is 0.865. The van der Waals surface area contributed by atoms with Crippen LogP contribution in [0.5, 0.6) is 0 Å². The van der Waals surface area contributed by atoms with Gasteiger partial charge >= 0.3 is 0 Å². The molecule has 1 heterocycles. The topological polar surface area (TPSA) is 20.2 Å². The van der Waals surface area contributed by atoms with Gasteiger partial charge in [0, 0.05) is 16.3 Å². The summed E-state index contributed by atoms with van der Waals surface area (Å²) in [5, 5.41) is 12.6. The first-order valence-corrected chi connectivity index (χ1v) is 5.98. The Morgan fingerprint density at radius 1 is 1.20 bits per heavy atom. The van der Waals surface area contributed by atoms with Gasteiger partial charge in [-0.15, -0.1) is 11.3 Å². The van der Waals surface area contributed by atoms with Crippen molar-refractivity contribution in [2.45, 2.75) is 12.5 Å². The Labute approximate surface area is 98.0 Å². The summed E-state index contributed by atoms with van der Waals surface area (Å²) in [5.41, 5.74) is 0.799. The van der Waals surface area contributed by atoms with Gasteiger partial charge < -0.3 is 5.11 Å². The molecule has 0 saturated heterocycles. The highest BCUT2D eigenvalue weighted by Crippen LogP contribution is 2.26. The zero-order chi connectivity index (χ0) is 10.7. The molecule has 15 heavy (non-hydrogen) atoms. The fraction of sp³-hybridized carbons (Fsp3) is 0.167. The van der Waals surface area contributed by atoms with Gasteiger partial charge in [-0.25, -0.2) is 0 Å². The van der Waals surface area contributed by atoms with Gasteiger partial charge in [0.05, 0.1) is 6.10 Å². The molecule has 0 aliphatic heterocycles. The maximum absolute atomic E-state index is 10.00. The van der Waals surface area contributed by atoms with Crippen LogP contribution in [0.2, 0.25) is 5.02 Å². The van der Waals surface area contributed by atoms with Crippen LogP contribution in [0.1, 0.15) is 16.5 Å². The molecular formula is C12H11ClOS. The Kier molecular flexibility index (Phi) is 3.41. The van der Waals surface area contributed by atoms with Gasteiger partial charge in [-0.3, -0.25) is 0 Å². The third kappa shape index (κ3) is 2.59. The third-order valence-corrected chi connectivity index (χ3v) is 3.48. The predicted molar refractivity (Wildman–Crippen MR) is 64.4 cm³/mol. The Balaban J connectivity index is 2.15. The Morgan fingerprint density at radius 2 is 2.00 bits per heavy atom. The number of rotatable bonds is 3. The molecule has 3 heteroatoms. The third-order valence-electron chi connectivity index (χ3n) is 2.24. The van der Waals surface area contributed by atoms with E-state index >= 15 is 0 Å². The van der Waals surface area contributed by atoms with Crippen LogP contribution in [0.3, 0.4) is 0 Å². The van der Waals surface area contributed by atoms with Crippen LogP contribution in [0.25, 0.3) is 0 Å². The van der Waals surface area contributed by atoms with Gasteiger partial charge in [-0.05, 0) is 23.1 Å². The van der Waals surface area contributed by atoms with Gasteiger partial charge in [0.15, 0.2) is 0 Å². The van der Waals surface area contributed by atoms with E-state index in [2.05, 4.69) is 0 Å². The van der Waals surface area contributed by atoms with Crippen LogP contribution in [0.4, 0.5) is 0 Å². The van der Waals surface area contributed by atoms with E-state index in [0.717, 1.165) is 5.56 Å². The number of hydrogen-bond acceptors (Lipinski definition) is 2. The molecule has 1 nitrogen and oxygen atoms in total. The summed E-state index contributed by atoms with van der Waals surface area (Å²) in [4.78, 5) is 1.17. The second-order valence-corrected chi connectivity index (χ2v) is 4.76. The zero-order valence-electron chi connectivity index (χ0n) is 8.06. The van der Waals surface area contributed by atoms with E-state index in [0.29, 0.717) is 11.4 Å². The van der Waals surface area contributed by atoms with Crippen molar-refractivity contribution < 1.29 is 5.11 Å². The molecule has 1 unspecified atom stereocenters. The van der Waals surface area contributed by atoms with E-state index in [-0.39, 0.29) is 0 Å². The van der Waals surface area contributed by atoms with Crippen molar-refractivity contribution in [2.75, 3.05) is 0 Å². The molecule has 78 valence electrons. The monoisotopic (exact) mass is 238 g/mol. The van der Waals surface area contributed by atoms with E-state index in [9.17, 15) is 5.11 Å². The number of aliphatic hydroxyl groups is 1. The lowest BCUT2D eigenvalue weighted by atomic mass is 10.1. The first kappa shape index (κ1) is 10.7. The molecule has 0 aliphatic carbocycles. The summed E-state index contributed by atoms with van der Waals surface area (Å²) in [5.74, 6) is 0. The van der Waals surface area contributed by atoms with Crippen molar-refractivity contribution in [3.63, 3.8) is 0 Å². The molecule has 1 atom stereocenters. The summed E-state index contributed by atoms with van der Waals surface area (Å²) in [6, 6.07) is 11.4. The van der Waals surface area contributed by atoms with Crippen molar-refractivity contribution >= 4 is 22.9 Å². The molecule has 0 aliphatic rings. The Morgan fingerprint density at radius 3 is 2.67 bits per heavy atom. The lowest BCUT2D eigenvalue weighted by Crippen LogP contribution is -2.00. The normalized spacial score (nSPS) is 12.7. The maximum atomic E-state index is 10.00. The molecule has 0 fully saturated rings. The smallest absolute Gasteiger partial charge is 0.0852 e. The van der Waals surface area contributed by atoms with Crippen molar-refractivity contribution in [3.05, 3.63) is 57.2 Å². The first-order valence-electron chi connectivity index (χ1n) is 4.72. The highest BCUT2D eigenvalue weighted by Gasteiger charge is 2.11. The molecule has 1 aromatic heterocycles. The number of thiophene rings is 1. The molecule has 1 N–H and O–H groups in total. The number of benzene rings is 1. The predicted octanol–water partition coefficient (Wildman–Crippen LogP) is 3.68. The summed E-state index contributed by atoms with van der Waals surface area (Å²) in [6.45, 7) is 0. The van der Waals surface area contributed by atoms with Crippen molar-refractivity contribution in [1.29, 1.82) is 0 Å². The van der Waals surface area contributed by atoms with Crippen LogP contribution >= 0.6 is 22.9 Å². The molecule has 2 rings (SSSR count). The van der Waals surface area contributed by atoms with Gasteiger partial charge in [0.1, 0.15) is 0 Å². The van der Waals surface area contributed by atoms with Gasteiger partial charge in [0.25, 0.3) is 0 Å². The van der Waals surface area contributed by atoms with Crippen LogP contribution in [0, 0.1) is 0 Å². The number of halogens is 1. The second-order valence-electron chi connectivity index (χ2n) is 3.32. The SMILES string of the molecule is OC(Cc1cccs1)c1ccccc1Cl. The van der Waals surface area contributed by atoms with Crippen LogP contribution in [0.15, 0.2) is 41.8 Å². The average Bonchev–Trinajstić information content (AvgIpc) is 2.71. The first-order chi connectivity index (χ1) is 7.27. The summed E-state index contributed by atoms with van der Waals surface area (Å²) in [6.07, 6.45) is 0.110. The molecule has 0 spiro atoms. The van der Waals surface area contributed by atoms with Crippen LogP contribution < -0.4 is 0 Å². The highest BCUT2D eigenvalue weighted by molar-refractivity contribution is 7.09. The van der Waals surface area contributed by atoms with Crippen molar-refractivity contribution in [2.24, 2.45) is 0 Å². The fourth-order valence-corrected chi connectivity index (χ4v) is 2.48. The Hall–Kier alpha value is -0.830. The largest absolute Gasteiger partial charge is 0.388 e. The number of hydrogen-bond donors (Lipinski definition) is 1. The summed E-state index contributed by atoms with van der Waals surface area (Å²) < 4.78 is 0. The lowest BCUT2D eigenvalue weighted by molar-refractivity contribution is 0.179. The average molecular weight is 239 g/mol. The van der Waals surface area contributed by atoms with Gasteiger partial charge in [-0.2, -0.15) is 0 Å². The second kappa shape index (κ2) is 4.79. The molecule has 0 saturated carbocycles. The van der Waals surface area contributed by atoms with Crippen molar-refractivity contribution in [3.8, 4) is 0 Å². The van der Waals surface area contributed by atoms with E-state index in [1.54, 1.807) is 17.4 Å². The van der Waals surface area contributed by atoms with Crippen LogP contribution in [-0.4, -0.2) is 5.11 Å². The minimum Gasteiger partial charge on any atom is -0.388 e. The van der Waals surface area contributed by atoms with Gasteiger partial charge in [0.2, 0.25) is 0 Å². The minimum atomic E-state index is -0.516. The van der Waals surface area contributed by atoms with Gasteiger partial charge in [-0.1, -0.05) is 35.9 Å². The molecule has 2 aromatic rings. The highest BCUT2D eigenvalue weighted by atomic mass is 35.5. The molecule has 0 radical (unpaired) electrons. The summed E-state index contributed by atoms with van der Waals surface area (Å²) in [7, 11) is 0. The lowest BCUT2D eigenvalue weighted by Gasteiger charge is -2.11. The van der Waals surface area contributed by atoms with Crippen LogP contribution in [-0.2, 0) is 6.42 Å². The maximum Gasteiger partial charge on any atom is 0.0852 e. The molecule has 0 amide bonds. The molecule has 1 aromatic carbocycles.